The monoisotopic (exact) mass is 475 g/mol. The third kappa shape index (κ3) is 3.88. The summed E-state index contributed by atoms with van der Waals surface area (Å²) in [5.41, 5.74) is 1.97. The molecule has 0 saturated carbocycles. The summed E-state index contributed by atoms with van der Waals surface area (Å²) in [5, 5.41) is 6.43. The maximum atomic E-state index is 13.1. The highest BCUT2D eigenvalue weighted by Gasteiger charge is 2.50. The minimum absolute atomic E-state index is 0.0447. The quantitative estimate of drug-likeness (QED) is 0.483. The van der Waals surface area contributed by atoms with E-state index < -0.39 is 5.72 Å². The molecule has 0 unspecified atom stereocenters. The smallest absolute Gasteiger partial charge is 0.325 e. The van der Waals surface area contributed by atoms with Crippen LogP contribution in [-0.2, 0) is 0 Å². The number of nitrogens with one attached hydrogen (secondary N) is 2. The van der Waals surface area contributed by atoms with Crippen molar-refractivity contribution in [3.8, 4) is 5.75 Å². The van der Waals surface area contributed by atoms with Gasteiger partial charge in [-0.1, -0.05) is 17.7 Å². The average molecular weight is 476 g/mol. The molecule has 7 nitrogen and oxygen atoms in total. The van der Waals surface area contributed by atoms with Crippen molar-refractivity contribution < 1.29 is 19.1 Å². The van der Waals surface area contributed by atoms with E-state index in [9.17, 15) is 14.4 Å². The Kier molecular flexibility index (Phi) is 5.29. The third-order valence-electron chi connectivity index (χ3n) is 6.15. The number of benzene rings is 3. The fourth-order valence-corrected chi connectivity index (χ4v) is 4.69. The number of amides is 3. The Morgan fingerprint density at radius 2 is 1.85 bits per heavy atom. The first-order valence-corrected chi connectivity index (χ1v) is 11.2. The van der Waals surface area contributed by atoms with Gasteiger partial charge in [0.15, 0.2) is 11.5 Å². The van der Waals surface area contributed by atoms with Gasteiger partial charge < -0.3 is 15.4 Å². The van der Waals surface area contributed by atoms with Crippen LogP contribution in [0.5, 0.6) is 5.75 Å². The summed E-state index contributed by atoms with van der Waals surface area (Å²) in [5.74, 6) is 0.287. The number of ether oxygens (including phenoxy) is 1. The van der Waals surface area contributed by atoms with Gasteiger partial charge in [-0.3, -0.25) is 14.5 Å². The number of carbonyl (C=O) groups excluding carboxylic acids is 3. The highest BCUT2D eigenvalue weighted by molar-refractivity contribution is 6.30. The predicted molar refractivity (Wildman–Crippen MR) is 130 cm³/mol. The fraction of sp³-hybridized carbons (Fsp3) is 0.192. The number of Topliss-reactive ketones (excluding diaryl/α,β-unsaturated/α-hetero) is 1. The van der Waals surface area contributed by atoms with Crippen LogP contribution >= 0.6 is 11.6 Å². The second kappa shape index (κ2) is 8.18. The van der Waals surface area contributed by atoms with Crippen molar-refractivity contribution in [2.75, 3.05) is 10.2 Å². The Bertz CT molecular complexity index is 1320. The van der Waals surface area contributed by atoms with E-state index in [0.717, 1.165) is 5.56 Å². The summed E-state index contributed by atoms with van der Waals surface area (Å²) in [6, 6.07) is 18.3. The van der Waals surface area contributed by atoms with Crippen molar-refractivity contribution in [2.45, 2.75) is 32.0 Å². The number of urea groups is 1. The molecule has 8 heteroatoms. The molecular formula is C26H22ClN3O4. The summed E-state index contributed by atoms with van der Waals surface area (Å²) < 4.78 is 6.29. The van der Waals surface area contributed by atoms with E-state index in [4.69, 9.17) is 16.3 Å². The van der Waals surface area contributed by atoms with Gasteiger partial charge in [-0.15, -0.1) is 0 Å². The summed E-state index contributed by atoms with van der Waals surface area (Å²) in [7, 11) is 0. The number of hydrogen-bond acceptors (Lipinski definition) is 4. The minimum atomic E-state index is -0.939. The van der Waals surface area contributed by atoms with E-state index in [-0.39, 0.29) is 23.8 Å². The van der Waals surface area contributed by atoms with Crippen LogP contribution in [0, 0.1) is 0 Å². The molecule has 1 saturated heterocycles. The Labute approximate surface area is 201 Å². The molecule has 2 aliphatic heterocycles. The molecule has 172 valence electrons. The van der Waals surface area contributed by atoms with Gasteiger partial charge in [0.05, 0.1) is 11.7 Å². The van der Waals surface area contributed by atoms with E-state index in [1.807, 2.05) is 13.0 Å². The zero-order valence-corrected chi connectivity index (χ0v) is 19.3. The molecule has 2 aliphatic rings. The first kappa shape index (κ1) is 22.0. The summed E-state index contributed by atoms with van der Waals surface area (Å²) in [4.78, 5) is 39.0. The lowest BCUT2D eigenvalue weighted by molar-refractivity contribution is 0.0378. The molecule has 2 bridgehead atoms. The molecule has 1 fully saturated rings. The van der Waals surface area contributed by atoms with Gasteiger partial charge in [0.25, 0.3) is 5.91 Å². The van der Waals surface area contributed by atoms with E-state index in [1.54, 1.807) is 65.6 Å². The molecule has 0 aromatic heterocycles. The topological polar surface area (TPSA) is 87.7 Å². The molecule has 2 atom stereocenters. The highest BCUT2D eigenvalue weighted by Crippen LogP contribution is 2.46. The fourth-order valence-electron chi connectivity index (χ4n) is 4.51. The van der Waals surface area contributed by atoms with Gasteiger partial charge in [-0.25, -0.2) is 4.79 Å². The van der Waals surface area contributed by atoms with Gasteiger partial charge in [0.1, 0.15) is 5.75 Å². The van der Waals surface area contributed by atoms with Crippen molar-refractivity contribution >= 4 is 40.7 Å². The maximum Gasteiger partial charge on any atom is 0.325 e. The second-order valence-electron chi connectivity index (χ2n) is 8.64. The Morgan fingerprint density at radius 1 is 1.09 bits per heavy atom. The predicted octanol–water partition coefficient (Wildman–Crippen LogP) is 5.56. The van der Waals surface area contributed by atoms with Crippen molar-refractivity contribution in [1.82, 2.24) is 5.32 Å². The van der Waals surface area contributed by atoms with Crippen molar-refractivity contribution in [2.24, 2.45) is 0 Å². The minimum Gasteiger partial charge on any atom is -0.467 e. The second-order valence-corrected chi connectivity index (χ2v) is 9.08. The van der Waals surface area contributed by atoms with E-state index >= 15 is 0 Å². The zero-order valence-electron chi connectivity index (χ0n) is 18.6. The molecule has 2 N–H and O–H groups in total. The van der Waals surface area contributed by atoms with Crippen LogP contribution in [-0.4, -0.2) is 23.4 Å². The largest absolute Gasteiger partial charge is 0.467 e. The highest BCUT2D eigenvalue weighted by atomic mass is 35.5. The average Bonchev–Trinajstić information content (AvgIpc) is 2.79. The van der Waals surface area contributed by atoms with Crippen molar-refractivity contribution in [3.63, 3.8) is 0 Å². The normalized spacial score (nSPS) is 20.6. The first-order chi connectivity index (χ1) is 16.2. The van der Waals surface area contributed by atoms with Crippen molar-refractivity contribution in [1.29, 1.82) is 0 Å². The van der Waals surface area contributed by atoms with Crippen LogP contribution in [0.3, 0.4) is 0 Å². The molecule has 34 heavy (non-hydrogen) atoms. The number of rotatable bonds is 4. The Morgan fingerprint density at radius 3 is 2.59 bits per heavy atom. The lowest BCUT2D eigenvalue weighted by Gasteiger charge is -2.50. The van der Waals surface area contributed by atoms with Crippen LogP contribution in [0.15, 0.2) is 66.7 Å². The van der Waals surface area contributed by atoms with Crippen LogP contribution in [0.25, 0.3) is 0 Å². The van der Waals surface area contributed by atoms with Gasteiger partial charge in [0, 0.05) is 33.8 Å². The SMILES string of the molecule is CC(=O)c1ccc(NC(=O)c2cccc(N3C(=O)N[C@H]4C[C@@]3(C)Oc3ccc(Cl)cc34)c2)cc1. The van der Waals surface area contributed by atoms with Crippen LogP contribution in [0.4, 0.5) is 16.2 Å². The molecule has 3 amide bonds. The molecular weight excluding hydrogens is 454 g/mol. The molecule has 3 aromatic carbocycles. The third-order valence-corrected chi connectivity index (χ3v) is 6.38. The van der Waals surface area contributed by atoms with Crippen LogP contribution < -0.4 is 20.3 Å². The molecule has 5 rings (SSSR count). The van der Waals surface area contributed by atoms with E-state index in [2.05, 4.69) is 10.6 Å². The van der Waals surface area contributed by atoms with Crippen LogP contribution in [0.2, 0.25) is 5.02 Å². The number of hydrogen-bond donors (Lipinski definition) is 2. The Hall–Kier alpha value is -3.84. The lowest BCUT2D eigenvalue weighted by Crippen LogP contribution is -2.65. The number of halogens is 1. The Balaban J connectivity index is 1.41. The van der Waals surface area contributed by atoms with Gasteiger partial charge in [-0.05, 0) is 74.5 Å². The van der Waals surface area contributed by atoms with Gasteiger partial charge >= 0.3 is 6.03 Å². The van der Waals surface area contributed by atoms with Crippen LogP contribution in [0.1, 0.15) is 52.6 Å². The van der Waals surface area contributed by atoms with Gasteiger partial charge in [-0.2, -0.15) is 0 Å². The zero-order chi connectivity index (χ0) is 24.0. The maximum absolute atomic E-state index is 13.1. The summed E-state index contributed by atoms with van der Waals surface area (Å²) in [6.45, 7) is 3.35. The number of carbonyl (C=O) groups is 3. The molecule has 3 aromatic rings. The number of anilines is 2. The molecule has 0 spiro atoms. The molecule has 0 radical (unpaired) electrons. The number of fused-ring (bicyclic) bond motifs is 4. The number of ketones is 1. The lowest BCUT2D eigenvalue weighted by atomic mass is 9.90. The summed E-state index contributed by atoms with van der Waals surface area (Å²) >= 11 is 6.14. The van der Waals surface area contributed by atoms with E-state index in [1.165, 1.54) is 6.92 Å². The standard InChI is InChI=1S/C26H22ClN3O4/c1-15(31)16-6-9-19(10-7-16)28-24(32)17-4-3-5-20(12-17)30-25(33)29-22-14-26(30,2)34-23-11-8-18(27)13-21(22)23/h3-13,22H,14H2,1-2H3,(H,28,32)(H,29,33)/t22-,26+/m0/s1. The first-order valence-electron chi connectivity index (χ1n) is 10.9. The molecule has 2 heterocycles. The number of nitrogens with zero attached hydrogens (tertiary/aromatic N) is 1. The van der Waals surface area contributed by atoms with Gasteiger partial charge in [0.2, 0.25) is 0 Å². The van der Waals surface area contributed by atoms with Crippen molar-refractivity contribution in [3.05, 3.63) is 88.4 Å². The summed E-state index contributed by atoms with van der Waals surface area (Å²) in [6.07, 6.45) is 0.519. The van der Waals surface area contributed by atoms with E-state index in [0.29, 0.717) is 39.7 Å². The molecule has 0 aliphatic carbocycles.